The molecule has 0 saturated heterocycles. The summed E-state index contributed by atoms with van der Waals surface area (Å²) >= 11 is 0. The number of nitrogens with one attached hydrogen (secondary N) is 1. The molecule has 7 nitrogen and oxygen atoms in total. The van der Waals surface area contributed by atoms with Crippen LogP contribution in [0.5, 0.6) is 17.2 Å². The molecule has 0 aliphatic carbocycles. The second-order valence-electron chi connectivity index (χ2n) is 8.05. The van der Waals surface area contributed by atoms with E-state index in [4.69, 9.17) is 14.2 Å². The fourth-order valence-electron chi connectivity index (χ4n) is 3.46. The van der Waals surface area contributed by atoms with Gasteiger partial charge in [-0.25, -0.2) is 10.2 Å². The number of benzene rings is 4. The lowest BCUT2D eigenvalue weighted by Gasteiger charge is -2.13. The molecule has 186 valence electrons. The van der Waals surface area contributed by atoms with Crippen molar-refractivity contribution in [2.45, 2.75) is 13.0 Å². The molecule has 1 atom stereocenters. The molecule has 1 unspecified atom stereocenters. The molecule has 0 radical (unpaired) electrons. The molecule has 4 aromatic rings. The minimum atomic E-state index is -0.756. The predicted octanol–water partition coefficient (Wildman–Crippen LogP) is 5.50. The van der Waals surface area contributed by atoms with E-state index in [0.29, 0.717) is 22.6 Å². The summed E-state index contributed by atoms with van der Waals surface area (Å²) in [5.74, 6) is 0.324. The van der Waals surface area contributed by atoms with Crippen LogP contribution in [0.25, 0.3) is 11.1 Å². The lowest BCUT2D eigenvalue weighted by Crippen LogP contribution is -2.33. The topological polar surface area (TPSA) is 86.2 Å². The van der Waals surface area contributed by atoms with Crippen molar-refractivity contribution < 1.29 is 23.8 Å². The summed E-state index contributed by atoms with van der Waals surface area (Å²) in [4.78, 5) is 24.8. The Morgan fingerprint density at radius 1 is 0.811 bits per heavy atom. The normalized spacial score (nSPS) is 11.5. The lowest BCUT2D eigenvalue weighted by molar-refractivity contribution is -0.127. The molecule has 0 fully saturated rings. The van der Waals surface area contributed by atoms with Crippen LogP contribution >= 0.6 is 0 Å². The minimum Gasteiger partial charge on any atom is -0.493 e. The van der Waals surface area contributed by atoms with E-state index in [9.17, 15) is 9.59 Å². The van der Waals surface area contributed by atoms with Crippen LogP contribution < -0.4 is 19.6 Å². The van der Waals surface area contributed by atoms with E-state index in [1.807, 2.05) is 60.7 Å². The highest BCUT2D eigenvalue weighted by Gasteiger charge is 2.15. The third-order valence-electron chi connectivity index (χ3n) is 5.43. The molecule has 0 saturated carbocycles. The van der Waals surface area contributed by atoms with Crippen LogP contribution in [-0.2, 0) is 4.79 Å². The first-order valence-electron chi connectivity index (χ1n) is 11.6. The van der Waals surface area contributed by atoms with Crippen LogP contribution in [0.15, 0.2) is 108 Å². The Labute approximate surface area is 215 Å². The number of rotatable bonds is 9. The molecule has 1 N–H and O–H groups in total. The zero-order valence-corrected chi connectivity index (χ0v) is 20.5. The first kappa shape index (κ1) is 25.2. The minimum absolute atomic E-state index is 0.276. The van der Waals surface area contributed by atoms with Crippen molar-refractivity contribution in [2.75, 3.05) is 7.11 Å². The zero-order valence-electron chi connectivity index (χ0n) is 20.5. The van der Waals surface area contributed by atoms with E-state index in [2.05, 4.69) is 10.5 Å². The van der Waals surface area contributed by atoms with Gasteiger partial charge in [0, 0.05) is 0 Å². The van der Waals surface area contributed by atoms with E-state index >= 15 is 0 Å². The average molecular weight is 495 g/mol. The third-order valence-corrected chi connectivity index (χ3v) is 5.43. The Hall–Kier alpha value is -4.91. The number of methoxy groups -OCH3 is 1. The molecular weight excluding hydrogens is 468 g/mol. The lowest BCUT2D eigenvalue weighted by atomic mass is 10.1. The van der Waals surface area contributed by atoms with E-state index in [1.54, 1.807) is 49.4 Å². The number of nitrogens with zero attached hydrogens (tertiary/aromatic N) is 1. The number of hydrazone groups is 1. The van der Waals surface area contributed by atoms with Gasteiger partial charge in [-0.2, -0.15) is 5.10 Å². The van der Waals surface area contributed by atoms with E-state index in [0.717, 1.165) is 11.1 Å². The van der Waals surface area contributed by atoms with E-state index in [-0.39, 0.29) is 5.75 Å². The highest BCUT2D eigenvalue weighted by molar-refractivity contribution is 5.91. The Balaban J connectivity index is 1.31. The monoisotopic (exact) mass is 494 g/mol. The largest absolute Gasteiger partial charge is 0.493 e. The van der Waals surface area contributed by atoms with Crippen molar-refractivity contribution in [3.8, 4) is 28.4 Å². The van der Waals surface area contributed by atoms with Crippen LogP contribution in [0.3, 0.4) is 0 Å². The number of hydrogen-bond acceptors (Lipinski definition) is 6. The average Bonchev–Trinajstić information content (AvgIpc) is 2.95. The van der Waals surface area contributed by atoms with Gasteiger partial charge in [-0.15, -0.1) is 0 Å². The fraction of sp³-hybridized carbons (Fsp3) is 0.100. The maximum Gasteiger partial charge on any atom is 0.343 e. The van der Waals surface area contributed by atoms with Crippen molar-refractivity contribution in [1.29, 1.82) is 0 Å². The number of carbonyl (C=O) groups excluding carboxylic acids is 2. The predicted molar refractivity (Wildman–Crippen MR) is 142 cm³/mol. The second kappa shape index (κ2) is 12.2. The maximum atomic E-state index is 12.4. The second-order valence-corrected chi connectivity index (χ2v) is 8.05. The van der Waals surface area contributed by atoms with Gasteiger partial charge in [0.1, 0.15) is 5.75 Å². The summed E-state index contributed by atoms with van der Waals surface area (Å²) in [6, 6.07) is 31.2. The van der Waals surface area contributed by atoms with Gasteiger partial charge >= 0.3 is 5.97 Å². The summed E-state index contributed by atoms with van der Waals surface area (Å²) < 4.78 is 16.5. The molecule has 1 amide bonds. The molecule has 0 aromatic heterocycles. The van der Waals surface area contributed by atoms with Crippen LogP contribution in [-0.4, -0.2) is 31.3 Å². The molecule has 4 aromatic carbocycles. The van der Waals surface area contributed by atoms with Crippen LogP contribution in [0.2, 0.25) is 0 Å². The highest BCUT2D eigenvalue weighted by atomic mass is 16.6. The zero-order chi connectivity index (χ0) is 26.0. The Bertz CT molecular complexity index is 1370. The van der Waals surface area contributed by atoms with Gasteiger partial charge in [-0.3, -0.25) is 4.79 Å². The molecule has 0 aliphatic rings. The molecule has 0 bridgehead atoms. The molecule has 0 heterocycles. The van der Waals surface area contributed by atoms with Gasteiger partial charge in [-0.1, -0.05) is 60.7 Å². The van der Waals surface area contributed by atoms with Crippen molar-refractivity contribution >= 4 is 18.1 Å². The van der Waals surface area contributed by atoms with E-state index < -0.39 is 18.0 Å². The first-order valence-corrected chi connectivity index (χ1v) is 11.6. The van der Waals surface area contributed by atoms with Crippen molar-refractivity contribution in [2.24, 2.45) is 5.10 Å². The maximum absolute atomic E-state index is 12.4. The Kier molecular flexibility index (Phi) is 8.29. The SMILES string of the molecule is COc1cc(C=NNC(=O)C(C)Oc2ccc(-c3ccccc3)cc2)ccc1OC(=O)c1ccccc1. The van der Waals surface area contributed by atoms with Crippen LogP contribution in [0, 0.1) is 0 Å². The first-order chi connectivity index (χ1) is 18.0. The third kappa shape index (κ3) is 6.82. The quantitative estimate of drug-likeness (QED) is 0.144. The molecular formula is C30H26N2O5. The summed E-state index contributed by atoms with van der Waals surface area (Å²) in [7, 11) is 1.48. The number of hydrogen-bond donors (Lipinski definition) is 1. The smallest absolute Gasteiger partial charge is 0.343 e. The molecule has 0 aliphatic heterocycles. The standard InChI is InChI=1S/C30H26N2O5/c1-21(36-26-16-14-24(15-17-26)23-9-5-3-6-10-23)29(33)32-31-20-22-13-18-27(28(19-22)35-2)37-30(34)25-11-7-4-8-12-25/h3-21H,1-2H3,(H,32,33). The fourth-order valence-corrected chi connectivity index (χ4v) is 3.46. The molecule has 7 heteroatoms. The van der Waals surface area contributed by atoms with Crippen LogP contribution in [0.4, 0.5) is 0 Å². The molecule has 0 spiro atoms. The number of amides is 1. The van der Waals surface area contributed by atoms with Crippen molar-refractivity contribution in [3.63, 3.8) is 0 Å². The highest BCUT2D eigenvalue weighted by Crippen LogP contribution is 2.28. The number of carbonyl (C=O) groups is 2. The van der Waals surface area contributed by atoms with Gasteiger partial charge in [0.2, 0.25) is 0 Å². The van der Waals surface area contributed by atoms with Gasteiger partial charge < -0.3 is 14.2 Å². The summed E-state index contributed by atoms with van der Waals surface area (Å²) in [6.45, 7) is 1.65. The van der Waals surface area contributed by atoms with Gasteiger partial charge in [-0.05, 0) is 66.1 Å². The van der Waals surface area contributed by atoms with Crippen molar-refractivity contribution in [1.82, 2.24) is 5.43 Å². The van der Waals surface area contributed by atoms with Crippen LogP contribution in [0.1, 0.15) is 22.8 Å². The van der Waals surface area contributed by atoms with Gasteiger partial charge in [0.25, 0.3) is 5.91 Å². The summed E-state index contributed by atoms with van der Waals surface area (Å²) in [5.41, 5.74) is 5.71. The summed E-state index contributed by atoms with van der Waals surface area (Å²) in [6.07, 6.45) is 0.707. The Morgan fingerprint density at radius 2 is 1.46 bits per heavy atom. The number of esters is 1. The van der Waals surface area contributed by atoms with Gasteiger partial charge in [0.05, 0.1) is 18.9 Å². The molecule has 37 heavy (non-hydrogen) atoms. The van der Waals surface area contributed by atoms with Gasteiger partial charge in [0.15, 0.2) is 17.6 Å². The summed E-state index contributed by atoms with van der Waals surface area (Å²) in [5, 5.41) is 4.00. The Morgan fingerprint density at radius 3 is 2.14 bits per heavy atom. The van der Waals surface area contributed by atoms with E-state index in [1.165, 1.54) is 13.3 Å². The van der Waals surface area contributed by atoms with Crippen molar-refractivity contribution in [3.05, 3.63) is 114 Å². The number of ether oxygens (including phenoxy) is 3. The molecule has 4 rings (SSSR count).